The monoisotopic (exact) mass is 324 g/mol. The van der Waals surface area contributed by atoms with E-state index in [1.54, 1.807) is 7.11 Å². The molecule has 0 saturated carbocycles. The first-order chi connectivity index (χ1) is 11.6. The Balaban J connectivity index is 1.84. The van der Waals surface area contributed by atoms with Crippen LogP contribution in [-0.4, -0.2) is 49.5 Å². The van der Waals surface area contributed by atoms with Crippen LogP contribution < -0.4 is 4.74 Å². The number of nitrogens with zero attached hydrogens (tertiary/aromatic N) is 2. The molecule has 4 nitrogen and oxygen atoms in total. The normalized spacial score (nSPS) is 18.5. The number of hydrogen-bond donors (Lipinski definition) is 0. The number of methoxy groups -OCH3 is 1. The van der Waals surface area contributed by atoms with Gasteiger partial charge in [0.2, 0.25) is 0 Å². The quantitative estimate of drug-likeness (QED) is 0.869. The Morgan fingerprint density at radius 1 is 1.12 bits per heavy atom. The van der Waals surface area contributed by atoms with Crippen molar-refractivity contribution in [1.29, 1.82) is 0 Å². The van der Waals surface area contributed by atoms with Crippen molar-refractivity contribution < 1.29 is 9.53 Å². The van der Waals surface area contributed by atoms with Gasteiger partial charge in [-0.2, -0.15) is 0 Å². The molecule has 1 aliphatic rings. The Labute approximate surface area is 143 Å². The highest BCUT2D eigenvalue weighted by Gasteiger charge is 2.30. The summed E-state index contributed by atoms with van der Waals surface area (Å²) >= 11 is 0. The van der Waals surface area contributed by atoms with E-state index in [9.17, 15) is 4.79 Å². The Morgan fingerprint density at radius 2 is 1.92 bits per heavy atom. The molecule has 2 aromatic rings. The van der Waals surface area contributed by atoms with Crippen LogP contribution in [-0.2, 0) is 0 Å². The second-order valence-electron chi connectivity index (χ2n) is 6.36. The Bertz CT molecular complexity index is 729. The van der Waals surface area contributed by atoms with Gasteiger partial charge >= 0.3 is 0 Å². The van der Waals surface area contributed by atoms with Crippen LogP contribution in [0.15, 0.2) is 48.5 Å². The molecule has 0 N–H and O–H groups in total. The number of benzene rings is 2. The fourth-order valence-electron chi connectivity index (χ4n) is 3.30. The molecule has 1 fully saturated rings. The van der Waals surface area contributed by atoms with Crippen LogP contribution in [0.2, 0.25) is 0 Å². The van der Waals surface area contributed by atoms with E-state index in [4.69, 9.17) is 4.74 Å². The molecule has 126 valence electrons. The molecule has 1 amide bonds. The first-order valence-corrected chi connectivity index (χ1v) is 8.29. The highest BCUT2D eigenvalue weighted by atomic mass is 16.5. The van der Waals surface area contributed by atoms with Gasteiger partial charge in [0.1, 0.15) is 5.75 Å². The fourth-order valence-corrected chi connectivity index (χ4v) is 3.30. The third-order valence-corrected chi connectivity index (χ3v) is 4.70. The van der Waals surface area contributed by atoms with Crippen molar-refractivity contribution in [1.82, 2.24) is 9.80 Å². The molecule has 0 radical (unpaired) electrons. The van der Waals surface area contributed by atoms with E-state index in [1.165, 1.54) is 0 Å². The zero-order chi connectivity index (χ0) is 17.1. The second-order valence-corrected chi connectivity index (χ2v) is 6.36. The summed E-state index contributed by atoms with van der Waals surface area (Å²) in [7, 11) is 3.79. The van der Waals surface area contributed by atoms with E-state index in [0.29, 0.717) is 6.54 Å². The first kappa shape index (κ1) is 16.5. The molecule has 3 rings (SSSR count). The van der Waals surface area contributed by atoms with Gasteiger partial charge in [-0.3, -0.25) is 9.69 Å². The van der Waals surface area contributed by atoms with E-state index in [1.807, 2.05) is 54.3 Å². The van der Waals surface area contributed by atoms with Crippen LogP contribution in [0.4, 0.5) is 0 Å². The summed E-state index contributed by atoms with van der Waals surface area (Å²) in [5.74, 6) is 0.978. The lowest BCUT2D eigenvalue weighted by Crippen LogP contribution is -2.49. The second kappa shape index (κ2) is 7.05. The zero-order valence-corrected chi connectivity index (χ0v) is 14.5. The number of likely N-dealkylation sites (N-methyl/N-ethyl adjacent to an activating group) is 1. The molecule has 0 bridgehead atoms. The number of carbonyl (C=O) groups is 1. The zero-order valence-electron chi connectivity index (χ0n) is 14.5. The number of piperazine rings is 1. The molecule has 1 atom stereocenters. The van der Waals surface area contributed by atoms with Crippen LogP contribution >= 0.6 is 0 Å². The molecular formula is C20H24N2O2. The maximum absolute atomic E-state index is 12.9. The lowest BCUT2D eigenvalue weighted by molar-refractivity contribution is 0.0542. The van der Waals surface area contributed by atoms with Crippen molar-refractivity contribution in [2.24, 2.45) is 0 Å². The lowest BCUT2D eigenvalue weighted by atomic mass is 10.0. The van der Waals surface area contributed by atoms with Gasteiger partial charge in [-0.05, 0) is 32.2 Å². The molecule has 0 spiro atoms. The summed E-state index contributed by atoms with van der Waals surface area (Å²) in [4.78, 5) is 17.1. The van der Waals surface area contributed by atoms with Crippen molar-refractivity contribution in [3.8, 4) is 5.75 Å². The third-order valence-electron chi connectivity index (χ3n) is 4.70. The lowest BCUT2D eigenvalue weighted by Gasteiger charge is -2.40. The molecule has 0 aromatic heterocycles. The van der Waals surface area contributed by atoms with Crippen LogP contribution in [0.5, 0.6) is 5.75 Å². The number of amides is 1. The van der Waals surface area contributed by atoms with Crippen LogP contribution in [0.3, 0.4) is 0 Å². The number of carbonyl (C=O) groups excluding carboxylic acids is 1. The summed E-state index contributed by atoms with van der Waals surface area (Å²) in [6.45, 7) is 4.28. The van der Waals surface area contributed by atoms with Crippen LogP contribution in [0, 0.1) is 6.92 Å². The smallest absolute Gasteiger partial charge is 0.253 e. The average Bonchev–Trinajstić information content (AvgIpc) is 2.61. The van der Waals surface area contributed by atoms with Crippen molar-refractivity contribution >= 4 is 5.91 Å². The van der Waals surface area contributed by atoms with Gasteiger partial charge in [0.15, 0.2) is 0 Å². The van der Waals surface area contributed by atoms with Gasteiger partial charge in [-0.15, -0.1) is 0 Å². The number of para-hydroxylation sites is 1. The Kier molecular flexibility index (Phi) is 4.86. The van der Waals surface area contributed by atoms with Crippen molar-refractivity contribution in [3.05, 3.63) is 65.2 Å². The van der Waals surface area contributed by atoms with Crippen molar-refractivity contribution in [2.45, 2.75) is 13.0 Å². The molecule has 1 saturated heterocycles. The van der Waals surface area contributed by atoms with Gasteiger partial charge in [-0.25, -0.2) is 0 Å². The maximum Gasteiger partial charge on any atom is 0.253 e. The van der Waals surface area contributed by atoms with Crippen molar-refractivity contribution in [2.75, 3.05) is 33.8 Å². The summed E-state index contributed by atoms with van der Waals surface area (Å²) in [5, 5.41) is 0. The number of ether oxygens (including phenoxy) is 1. The Morgan fingerprint density at radius 3 is 2.67 bits per heavy atom. The van der Waals surface area contributed by atoms with Crippen LogP contribution in [0.25, 0.3) is 0 Å². The molecule has 1 unspecified atom stereocenters. The van der Waals surface area contributed by atoms with Gasteiger partial charge in [0.25, 0.3) is 5.91 Å². The molecule has 0 aliphatic carbocycles. The van der Waals surface area contributed by atoms with E-state index in [0.717, 1.165) is 35.5 Å². The molecule has 1 aliphatic heterocycles. The average molecular weight is 324 g/mol. The summed E-state index contributed by atoms with van der Waals surface area (Å²) in [5.41, 5.74) is 3.00. The third kappa shape index (κ3) is 3.29. The molecule has 24 heavy (non-hydrogen) atoms. The molecule has 1 heterocycles. The van der Waals surface area contributed by atoms with E-state index in [2.05, 4.69) is 18.0 Å². The van der Waals surface area contributed by atoms with Gasteiger partial charge in [0.05, 0.1) is 13.2 Å². The Hall–Kier alpha value is -2.33. The SMILES string of the molecule is COc1ccccc1C1CN(C(=O)c2cccc(C)c2)CCN1C. The predicted octanol–water partition coefficient (Wildman–Crippen LogP) is 3.13. The van der Waals surface area contributed by atoms with E-state index in [-0.39, 0.29) is 11.9 Å². The van der Waals surface area contributed by atoms with Crippen molar-refractivity contribution in [3.63, 3.8) is 0 Å². The van der Waals surface area contributed by atoms with Gasteiger partial charge in [-0.1, -0.05) is 35.9 Å². The largest absolute Gasteiger partial charge is 0.496 e. The maximum atomic E-state index is 12.9. The minimum Gasteiger partial charge on any atom is -0.496 e. The number of hydrogen-bond acceptors (Lipinski definition) is 3. The minimum atomic E-state index is 0.103. The van der Waals surface area contributed by atoms with E-state index < -0.39 is 0 Å². The topological polar surface area (TPSA) is 32.8 Å². The number of rotatable bonds is 3. The molecule has 4 heteroatoms. The molecular weight excluding hydrogens is 300 g/mol. The number of aryl methyl sites for hydroxylation is 1. The van der Waals surface area contributed by atoms with Crippen LogP contribution in [0.1, 0.15) is 27.5 Å². The predicted molar refractivity (Wildman–Crippen MR) is 95.4 cm³/mol. The summed E-state index contributed by atoms with van der Waals surface area (Å²) in [6.07, 6.45) is 0. The minimum absolute atomic E-state index is 0.103. The highest BCUT2D eigenvalue weighted by Crippen LogP contribution is 2.31. The standard InChI is InChI=1S/C20H24N2O2/c1-15-7-6-8-16(13-15)20(23)22-12-11-21(2)18(14-22)17-9-4-5-10-19(17)24-3/h4-10,13,18H,11-12,14H2,1-3H3. The van der Waals surface area contributed by atoms with Gasteiger partial charge in [0, 0.05) is 30.8 Å². The van der Waals surface area contributed by atoms with Gasteiger partial charge < -0.3 is 9.64 Å². The fraction of sp³-hybridized carbons (Fsp3) is 0.350. The highest BCUT2D eigenvalue weighted by molar-refractivity contribution is 5.94. The summed E-state index contributed by atoms with van der Waals surface area (Å²) in [6, 6.07) is 16.0. The first-order valence-electron chi connectivity index (χ1n) is 8.29. The summed E-state index contributed by atoms with van der Waals surface area (Å²) < 4.78 is 5.51. The van der Waals surface area contributed by atoms with E-state index >= 15 is 0 Å². The molecule has 2 aromatic carbocycles.